The molecular weight excluding hydrogens is 471 g/mol. The standard InChI is InChI=1S/C26H30Cl2N4O2/c1-5-6-12-31(25(34)18-13-19(27)15-20(28)14-18)17-24(33)29-23-16-22(26(2,3)4)30-32(23)21-10-8-7-9-11-21/h7-11,13-16H,5-6,12,17H2,1-4H3,(H,29,33). The zero-order valence-electron chi connectivity index (χ0n) is 19.9. The molecule has 1 N–H and O–H groups in total. The number of amides is 2. The van der Waals surface area contributed by atoms with E-state index in [1.54, 1.807) is 22.9 Å². The third kappa shape index (κ3) is 6.61. The number of benzene rings is 2. The summed E-state index contributed by atoms with van der Waals surface area (Å²) in [5.41, 5.74) is 1.83. The van der Waals surface area contributed by atoms with Crippen molar-refractivity contribution >= 4 is 40.8 Å². The van der Waals surface area contributed by atoms with Crippen LogP contribution in [0.3, 0.4) is 0 Å². The van der Waals surface area contributed by atoms with Gasteiger partial charge in [0.2, 0.25) is 5.91 Å². The number of carbonyl (C=O) groups excluding carboxylic acids is 2. The summed E-state index contributed by atoms with van der Waals surface area (Å²) in [6.07, 6.45) is 1.65. The average Bonchev–Trinajstić information content (AvgIpc) is 3.20. The monoisotopic (exact) mass is 500 g/mol. The molecule has 0 saturated heterocycles. The molecule has 180 valence electrons. The van der Waals surface area contributed by atoms with Crippen LogP contribution in [0.4, 0.5) is 5.82 Å². The maximum absolute atomic E-state index is 13.2. The Kier molecular flexibility index (Phi) is 8.39. The summed E-state index contributed by atoms with van der Waals surface area (Å²) in [7, 11) is 0. The maximum atomic E-state index is 13.2. The van der Waals surface area contributed by atoms with Crippen molar-refractivity contribution in [3.8, 4) is 5.69 Å². The molecule has 0 radical (unpaired) electrons. The number of rotatable bonds is 8. The lowest BCUT2D eigenvalue weighted by molar-refractivity contribution is -0.116. The quantitative estimate of drug-likeness (QED) is 0.391. The molecule has 0 aliphatic heterocycles. The first-order chi connectivity index (χ1) is 16.1. The van der Waals surface area contributed by atoms with Crippen molar-refractivity contribution in [2.24, 2.45) is 0 Å². The van der Waals surface area contributed by atoms with E-state index in [0.717, 1.165) is 24.2 Å². The van der Waals surface area contributed by atoms with E-state index in [1.807, 2.05) is 43.3 Å². The van der Waals surface area contributed by atoms with Gasteiger partial charge in [0.05, 0.1) is 11.4 Å². The normalized spacial score (nSPS) is 11.4. The molecule has 0 unspecified atom stereocenters. The number of nitrogens with one attached hydrogen (secondary N) is 1. The molecule has 3 aromatic rings. The van der Waals surface area contributed by atoms with E-state index in [-0.39, 0.29) is 23.8 Å². The summed E-state index contributed by atoms with van der Waals surface area (Å²) >= 11 is 12.2. The van der Waals surface area contributed by atoms with Gasteiger partial charge in [-0.25, -0.2) is 4.68 Å². The number of hydrogen-bond acceptors (Lipinski definition) is 3. The molecule has 3 rings (SSSR count). The van der Waals surface area contributed by atoms with Crippen LogP contribution in [0.2, 0.25) is 10.0 Å². The van der Waals surface area contributed by atoms with Crippen molar-refractivity contribution in [1.82, 2.24) is 14.7 Å². The number of anilines is 1. The third-order valence-electron chi connectivity index (χ3n) is 5.26. The number of nitrogens with zero attached hydrogens (tertiary/aromatic N) is 3. The molecule has 0 saturated carbocycles. The van der Waals surface area contributed by atoms with Gasteiger partial charge in [0.1, 0.15) is 12.4 Å². The van der Waals surface area contributed by atoms with Crippen molar-refractivity contribution in [3.05, 3.63) is 75.9 Å². The van der Waals surface area contributed by atoms with Crippen molar-refractivity contribution in [3.63, 3.8) is 0 Å². The summed E-state index contributed by atoms with van der Waals surface area (Å²) in [5.74, 6) is -0.0510. The Morgan fingerprint density at radius 2 is 1.68 bits per heavy atom. The highest BCUT2D eigenvalue weighted by atomic mass is 35.5. The molecule has 0 aliphatic rings. The Bertz CT molecular complexity index is 1130. The van der Waals surface area contributed by atoms with Gasteiger partial charge in [-0.2, -0.15) is 5.10 Å². The molecule has 34 heavy (non-hydrogen) atoms. The Morgan fingerprint density at radius 1 is 1.03 bits per heavy atom. The number of unbranched alkanes of at least 4 members (excludes halogenated alkanes) is 1. The van der Waals surface area contributed by atoms with Gasteiger partial charge in [-0.3, -0.25) is 9.59 Å². The van der Waals surface area contributed by atoms with Crippen molar-refractivity contribution in [2.75, 3.05) is 18.4 Å². The number of hydrogen-bond donors (Lipinski definition) is 1. The largest absolute Gasteiger partial charge is 0.329 e. The minimum Gasteiger partial charge on any atom is -0.329 e. The van der Waals surface area contributed by atoms with Crippen LogP contribution in [0.15, 0.2) is 54.6 Å². The lowest BCUT2D eigenvalue weighted by Gasteiger charge is -2.22. The van der Waals surface area contributed by atoms with Crippen LogP contribution < -0.4 is 5.32 Å². The van der Waals surface area contributed by atoms with Crippen LogP contribution in [0.25, 0.3) is 5.69 Å². The van der Waals surface area contributed by atoms with E-state index < -0.39 is 0 Å². The fraction of sp³-hybridized carbons (Fsp3) is 0.346. The van der Waals surface area contributed by atoms with Gasteiger partial charge in [-0.15, -0.1) is 0 Å². The first kappa shape index (κ1) is 25.8. The lowest BCUT2D eigenvalue weighted by atomic mass is 9.92. The zero-order valence-corrected chi connectivity index (χ0v) is 21.5. The highest BCUT2D eigenvalue weighted by Gasteiger charge is 2.23. The molecule has 6 nitrogen and oxygen atoms in total. The Hall–Kier alpha value is -2.83. The molecule has 1 aromatic heterocycles. The lowest BCUT2D eigenvalue weighted by Crippen LogP contribution is -2.39. The molecule has 1 heterocycles. The zero-order chi connectivity index (χ0) is 24.9. The molecule has 2 aromatic carbocycles. The highest BCUT2D eigenvalue weighted by molar-refractivity contribution is 6.35. The minimum atomic E-state index is -0.310. The Labute approximate surface area is 210 Å². The fourth-order valence-electron chi connectivity index (χ4n) is 3.42. The van der Waals surface area contributed by atoms with Gasteiger partial charge in [-0.1, -0.05) is 75.5 Å². The second-order valence-electron chi connectivity index (χ2n) is 9.20. The molecule has 8 heteroatoms. The van der Waals surface area contributed by atoms with E-state index >= 15 is 0 Å². The van der Waals surface area contributed by atoms with Gasteiger partial charge >= 0.3 is 0 Å². The number of halogens is 2. The highest BCUT2D eigenvalue weighted by Crippen LogP contribution is 2.26. The van der Waals surface area contributed by atoms with Gasteiger partial charge in [0.25, 0.3) is 5.91 Å². The smallest absolute Gasteiger partial charge is 0.254 e. The van der Waals surface area contributed by atoms with Crippen molar-refractivity contribution in [2.45, 2.75) is 46.0 Å². The van der Waals surface area contributed by atoms with Crippen molar-refractivity contribution in [1.29, 1.82) is 0 Å². The fourth-order valence-corrected chi connectivity index (χ4v) is 3.95. The molecule has 0 aliphatic carbocycles. The maximum Gasteiger partial charge on any atom is 0.254 e. The summed E-state index contributed by atoms with van der Waals surface area (Å²) in [6.45, 7) is 8.57. The van der Waals surface area contributed by atoms with E-state index in [2.05, 4.69) is 26.1 Å². The summed E-state index contributed by atoms with van der Waals surface area (Å²) in [5, 5.41) is 8.43. The predicted octanol–water partition coefficient (Wildman–Crippen LogP) is 6.36. The predicted molar refractivity (Wildman–Crippen MR) is 138 cm³/mol. The number of carbonyl (C=O) groups is 2. The Balaban J connectivity index is 1.85. The van der Waals surface area contributed by atoms with Gasteiger partial charge in [-0.05, 0) is 36.8 Å². The molecule has 0 atom stereocenters. The van der Waals surface area contributed by atoms with Crippen LogP contribution in [0.1, 0.15) is 56.6 Å². The number of para-hydroxylation sites is 1. The van der Waals surface area contributed by atoms with Gasteiger partial charge in [0.15, 0.2) is 0 Å². The second-order valence-corrected chi connectivity index (χ2v) is 10.1. The van der Waals surface area contributed by atoms with Crippen LogP contribution in [0, 0.1) is 0 Å². The molecule has 0 fully saturated rings. The first-order valence-corrected chi connectivity index (χ1v) is 12.0. The van der Waals surface area contributed by atoms with Gasteiger partial charge in [0, 0.05) is 33.6 Å². The van der Waals surface area contributed by atoms with E-state index in [4.69, 9.17) is 28.3 Å². The van der Waals surface area contributed by atoms with Gasteiger partial charge < -0.3 is 10.2 Å². The number of aromatic nitrogens is 2. The molecular formula is C26H30Cl2N4O2. The van der Waals surface area contributed by atoms with Crippen LogP contribution in [-0.4, -0.2) is 39.6 Å². The van der Waals surface area contributed by atoms with Crippen LogP contribution in [0.5, 0.6) is 0 Å². The van der Waals surface area contributed by atoms with E-state index in [9.17, 15) is 9.59 Å². The minimum absolute atomic E-state index is 0.103. The Morgan fingerprint density at radius 3 is 2.26 bits per heavy atom. The average molecular weight is 501 g/mol. The summed E-state index contributed by atoms with van der Waals surface area (Å²) < 4.78 is 1.72. The van der Waals surface area contributed by atoms with E-state index in [0.29, 0.717) is 28.0 Å². The van der Waals surface area contributed by atoms with E-state index in [1.165, 1.54) is 4.90 Å². The molecule has 2 amide bonds. The SMILES string of the molecule is CCCCN(CC(=O)Nc1cc(C(C)(C)C)nn1-c1ccccc1)C(=O)c1cc(Cl)cc(Cl)c1. The summed E-state index contributed by atoms with van der Waals surface area (Å²) in [6, 6.07) is 16.2. The molecule has 0 bridgehead atoms. The van der Waals surface area contributed by atoms with Crippen molar-refractivity contribution < 1.29 is 9.59 Å². The topological polar surface area (TPSA) is 67.2 Å². The molecule has 0 spiro atoms. The third-order valence-corrected chi connectivity index (χ3v) is 5.70. The van der Waals surface area contributed by atoms with Crippen LogP contribution in [-0.2, 0) is 10.2 Å². The summed E-state index contributed by atoms with van der Waals surface area (Å²) in [4.78, 5) is 27.8. The second kappa shape index (κ2) is 11.1. The van der Waals surface area contributed by atoms with Crippen LogP contribution >= 0.6 is 23.2 Å². The first-order valence-electron chi connectivity index (χ1n) is 11.3.